The lowest BCUT2D eigenvalue weighted by molar-refractivity contribution is 0.305. The molecular weight excluding hydrogens is 244 g/mol. The van der Waals surface area contributed by atoms with Crippen molar-refractivity contribution in [1.29, 1.82) is 5.26 Å². The highest BCUT2D eigenvalue weighted by Crippen LogP contribution is 2.25. The van der Waals surface area contributed by atoms with Crippen LogP contribution in [-0.2, 0) is 0 Å². The summed E-state index contributed by atoms with van der Waals surface area (Å²) < 4.78 is 0. The Bertz CT molecular complexity index is 421. The average Bonchev–Trinajstić information content (AvgIpc) is 2.34. The minimum Gasteiger partial charge on any atom is -0.310 e. The Hall–Kier alpha value is -1.04. The second kappa shape index (κ2) is 6.78. The van der Waals surface area contributed by atoms with E-state index < -0.39 is 0 Å². The van der Waals surface area contributed by atoms with Crippen molar-refractivity contribution in [2.45, 2.75) is 39.7 Å². The third kappa shape index (κ3) is 4.68. The number of nitrogens with one attached hydrogen (secondary N) is 1. The largest absolute Gasteiger partial charge is 0.310 e. The van der Waals surface area contributed by atoms with Gasteiger partial charge >= 0.3 is 0 Å². The summed E-state index contributed by atoms with van der Waals surface area (Å²) in [6.45, 7) is 7.34. The quantitative estimate of drug-likeness (QED) is 0.831. The van der Waals surface area contributed by atoms with Gasteiger partial charge in [-0.15, -0.1) is 0 Å². The van der Waals surface area contributed by atoms with Gasteiger partial charge in [-0.2, -0.15) is 5.26 Å². The van der Waals surface area contributed by atoms with E-state index >= 15 is 0 Å². The normalized spacial score (nSPS) is 13.1. The number of rotatable bonds is 6. The van der Waals surface area contributed by atoms with Crippen LogP contribution in [0, 0.1) is 16.7 Å². The lowest BCUT2D eigenvalue weighted by Gasteiger charge is -2.26. The molecule has 1 aromatic rings. The zero-order valence-corrected chi connectivity index (χ0v) is 12.1. The molecule has 1 aromatic carbocycles. The van der Waals surface area contributed by atoms with Crippen LogP contribution in [0.4, 0.5) is 0 Å². The number of nitrogens with zero attached hydrogens (tertiary/aromatic N) is 1. The van der Waals surface area contributed by atoms with Gasteiger partial charge in [0, 0.05) is 24.0 Å². The van der Waals surface area contributed by atoms with E-state index in [1.807, 2.05) is 24.3 Å². The molecule has 2 nitrogen and oxygen atoms in total. The lowest BCUT2D eigenvalue weighted by atomic mass is 9.87. The summed E-state index contributed by atoms with van der Waals surface area (Å²) in [7, 11) is 0. The first-order valence-electron chi connectivity index (χ1n) is 6.31. The molecule has 0 spiro atoms. The Morgan fingerprint density at radius 2 is 2.06 bits per heavy atom. The van der Waals surface area contributed by atoms with Crippen molar-refractivity contribution in [3.8, 4) is 6.07 Å². The first-order valence-corrected chi connectivity index (χ1v) is 6.69. The van der Waals surface area contributed by atoms with Gasteiger partial charge in [0.15, 0.2) is 0 Å². The van der Waals surface area contributed by atoms with Gasteiger partial charge in [0.1, 0.15) is 0 Å². The Morgan fingerprint density at radius 3 is 2.67 bits per heavy atom. The average molecular weight is 265 g/mol. The van der Waals surface area contributed by atoms with Crippen LogP contribution >= 0.6 is 11.6 Å². The molecule has 1 atom stereocenters. The molecule has 0 radical (unpaired) electrons. The van der Waals surface area contributed by atoms with Crippen LogP contribution in [0.2, 0.25) is 5.02 Å². The highest BCUT2D eigenvalue weighted by molar-refractivity contribution is 6.31. The molecule has 3 heteroatoms. The molecule has 0 aliphatic heterocycles. The van der Waals surface area contributed by atoms with Crippen molar-refractivity contribution in [1.82, 2.24) is 5.32 Å². The molecule has 98 valence electrons. The minimum atomic E-state index is 0.130. The summed E-state index contributed by atoms with van der Waals surface area (Å²) >= 11 is 6.17. The van der Waals surface area contributed by atoms with Crippen molar-refractivity contribution < 1.29 is 0 Å². The zero-order chi connectivity index (χ0) is 13.6. The molecule has 0 heterocycles. The second-order valence-corrected chi connectivity index (χ2v) is 5.85. The van der Waals surface area contributed by atoms with Gasteiger partial charge in [0.05, 0.1) is 6.07 Å². The predicted molar refractivity (Wildman–Crippen MR) is 76.5 cm³/mol. The molecule has 0 aromatic heterocycles. The third-order valence-electron chi connectivity index (χ3n) is 3.17. The van der Waals surface area contributed by atoms with E-state index in [0.29, 0.717) is 6.42 Å². The van der Waals surface area contributed by atoms with E-state index in [2.05, 4.69) is 32.2 Å². The summed E-state index contributed by atoms with van der Waals surface area (Å²) in [6.07, 6.45) is 1.51. The summed E-state index contributed by atoms with van der Waals surface area (Å²) in [5, 5.41) is 12.9. The van der Waals surface area contributed by atoms with E-state index in [4.69, 9.17) is 16.9 Å². The molecule has 0 aliphatic carbocycles. The van der Waals surface area contributed by atoms with Gasteiger partial charge in [-0.25, -0.2) is 0 Å². The summed E-state index contributed by atoms with van der Waals surface area (Å²) in [5.41, 5.74) is 1.25. The van der Waals surface area contributed by atoms with Gasteiger partial charge in [-0.05, 0) is 30.4 Å². The molecule has 0 bridgehead atoms. The molecule has 0 fully saturated rings. The predicted octanol–water partition coefficient (Wildman–Crippen LogP) is 4.32. The zero-order valence-electron chi connectivity index (χ0n) is 11.3. The first kappa shape index (κ1) is 15.0. The van der Waals surface area contributed by atoms with Crippen LogP contribution < -0.4 is 5.32 Å². The number of benzene rings is 1. The first-order chi connectivity index (χ1) is 8.46. The van der Waals surface area contributed by atoms with E-state index in [9.17, 15) is 0 Å². The Balaban J connectivity index is 2.54. The number of hydrogen-bond acceptors (Lipinski definition) is 2. The van der Waals surface area contributed by atoms with Crippen molar-refractivity contribution in [2.24, 2.45) is 5.41 Å². The van der Waals surface area contributed by atoms with E-state index in [-0.39, 0.29) is 11.5 Å². The molecule has 0 saturated heterocycles. The number of halogens is 1. The molecule has 0 unspecified atom stereocenters. The van der Waals surface area contributed by atoms with Crippen LogP contribution in [0.1, 0.15) is 45.2 Å². The summed E-state index contributed by atoms with van der Waals surface area (Å²) in [6, 6.07) is 10.3. The highest BCUT2D eigenvalue weighted by atomic mass is 35.5. The van der Waals surface area contributed by atoms with Gasteiger partial charge in [-0.1, -0.05) is 43.6 Å². The van der Waals surface area contributed by atoms with Crippen LogP contribution in [0.3, 0.4) is 0 Å². The molecular formula is C15H21ClN2. The maximum Gasteiger partial charge on any atom is 0.0621 e. The maximum absolute atomic E-state index is 8.63. The smallest absolute Gasteiger partial charge is 0.0621 e. The van der Waals surface area contributed by atoms with Crippen LogP contribution in [0.25, 0.3) is 0 Å². The number of nitriles is 1. The Labute approximate surface area is 115 Å². The lowest BCUT2D eigenvalue weighted by Crippen LogP contribution is -2.31. The fraction of sp³-hybridized carbons (Fsp3) is 0.533. The molecule has 1 N–H and O–H groups in total. The van der Waals surface area contributed by atoms with E-state index in [1.54, 1.807) is 0 Å². The maximum atomic E-state index is 8.63. The molecule has 18 heavy (non-hydrogen) atoms. The van der Waals surface area contributed by atoms with Crippen molar-refractivity contribution in [3.63, 3.8) is 0 Å². The Morgan fingerprint density at radius 1 is 1.39 bits per heavy atom. The van der Waals surface area contributed by atoms with Gasteiger partial charge in [0.25, 0.3) is 0 Å². The van der Waals surface area contributed by atoms with Gasteiger partial charge in [-0.3, -0.25) is 0 Å². The fourth-order valence-corrected chi connectivity index (χ4v) is 2.15. The molecule has 0 saturated carbocycles. The number of hydrogen-bond donors (Lipinski definition) is 1. The van der Waals surface area contributed by atoms with Crippen LogP contribution in [0.5, 0.6) is 0 Å². The highest BCUT2D eigenvalue weighted by Gasteiger charge is 2.19. The standard InChI is InChI=1S/C15H21ClN2/c1-12(13-7-4-5-8-14(13)16)18-11-15(2,3)9-6-10-17/h4-5,7-8,12,18H,6,9,11H2,1-3H3/t12-/m1/s1. The van der Waals surface area contributed by atoms with Crippen molar-refractivity contribution in [2.75, 3.05) is 6.54 Å². The SMILES string of the molecule is C[C@@H](NCC(C)(C)CCC#N)c1ccccc1Cl. The van der Waals surface area contributed by atoms with Crippen LogP contribution in [0.15, 0.2) is 24.3 Å². The van der Waals surface area contributed by atoms with E-state index in [0.717, 1.165) is 23.6 Å². The molecule has 0 amide bonds. The molecule has 0 aliphatic rings. The van der Waals surface area contributed by atoms with Crippen LogP contribution in [-0.4, -0.2) is 6.54 Å². The monoisotopic (exact) mass is 264 g/mol. The Kier molecular flexibility index (Phi) is 5.65. The third-order valence-corrected chi connectivity index (χ3v) is 3.52. The topological polar surface area (TPSA) is 35.8 Å². The van der Waals surface area contributed by atoms with Gasteiger partial charge in [0.2, 0.25) is 0 Å². The summed E-state index contributed by atoms with van der Waals surface area (Å²) in [4.78, 5) is 0. The summed E-state index contributed by atoms with van der Waals surface area (Å²) in [5.74, 6) is 0. The van der Waals surface area contributed by atoms with E-state index in [1.165, 1.54) is 0 Å². The van der Waals surface area contributed by atoms with Crippen molar-refractivity contribution >= 4 is 11.6 Å². The fourth-order valence-electron chi connectivity index (χ4n) is 1.85. The van der Waals surface area contributed by atoms with Crippen molar-refractivity contribution in [3.05, 3.63) is 34.9 Å². The second-order valence-electron chi connectivity index (χ2n) is 5.45. The minimum absolute atomic E-state index is 0.130. The van der Waals surface area contributed by atoms with Gasteiger partial charge < -0.3 is 5.32 Å². The molecule has 1 rings (SSSR count).